The van der Waals surface area contributed by atoms with E-state index in [2.05, 4.69) is 16.1 Å². The average molecular weight is 500 g/mol. The molecule has 1 fully saturated rings. The van der Waals surface area contributed by atoms with Crippen molar-refractivity contribution in [3.63, 3.8) is 0 Å². The predicted molar refractivity (Wildman–Crippen MR) is 129 cm³/mol. The summed E-state index contributed by atoms with van der Waals surface area (Å²) in [5.74, 6) is -0.691. The number of carbonyl (C=O) groups is 2. The monoisotopic (exact) mass is 499 g/mol. The van der Waals surface area contributed by atoms with Crippen molar-refractivity contribution in [2.24, 2.45) is 0 Å². The molecule has 1 aliphatic carbocycles. The normalized spacial score (nSPS) is 15.8. The Morgan fingerprint density at radius 3 is 2.26 bits per heavy atom. The maximum Gasteiger partial charge on any atom is 0.338 e. The summed E-state index contributed by atoms with van der Waals surface area (Å²) in [6, 6.07) is 13.9. The van der Waals surface area contributed by atoms with Crippen molar-refractivity contribution < 1.29 is 27.5 Å². The fraction of sp³-hybridized carbons (Fsp3) is 0.400. The number of ether oxygens (including phenoxy) is 2. The lowest BCUT2D eigenvalue weighted by atomic mass is 9.83. The van der Waals surface area contributed by atoms with Crippen LogP contribution in [0.5, 0.6) is 5.75 Å². The summed E-state index contributed by atoms with van der Waals surface area (Å²) < 4.78 is 38.3. The Hall–Kier alpha value is -3.58. The number of esters is 1. The minimum Gasteiger partial charge on any atom is -0.494 e. The summed E-state index contributed by atoms with van der Waals surface area (Å²) in [4.78, 5) is 25.1. The molecule has 186 valence electrons. The first kappa shape index (κ1) is 26.0. The van der Waals surface area contributed by atoms with Gasteiger partial charge in [-0.05, 0) is 75.2 Å². The molecule has 0 saturated heterocycles. The van der Waals surface area contributed by atoms with Crippen LogP contribution in [0.3, 0.4) is 0 Å². The number of amides is 1. The molecule has 9 nitrogen and oxygen atoms in total. The molecule has 1 amide bonds. The molecule has 0 heterocycles. The van der Waals surface area contributed by atoms with Crippen molar-refractivity contribution in [1.29, 1.82) is 5.26 Å². The first-order chi connectivity index (χ1) is 16.7. The first-order valence-corrected chi connectivity index (χ1v) is 13.0. The molecule has 10 heteroatoms. The van der Waals surface area contributed by atoms with Crippen molar-refractivity contribution in [2.45, 2.75) is 62.5 Å². The molecule has 2 N–H and O–H groups in total. The van der Waals surface area contributed by atoms with Gasteiger partial charge in [0.15, 0.2) is 6.10 Å². The standard InChI is InChI=1S/C25H29N3O6S/c1-3-33-21-11-13-22(14-12-21)35(31,32)28-20-9-7-19(8-10-20)24(30)34-18(2)23(29)27-25(17-26)15-5-4-6-16-25/h7-14,18,28H,3-6,15-16H2,1-2H3,(H,27,29)/t18-/m0/s1. The molecule has 35 heavy (non-hydrogen) atoms. The van der Waals surface area contributed by atoms with Crippen LogP contribution in [-0.4, -0.2) is 38.5 Å². The SMILES string of the molecule is CCOc1ccc(S(=O)(=O)Nc2ccc(C(=O)O[C@@H](C)C(=O)NC3(C#N)CCCCC3)cc2)cc1. The fourth-order valence-corrected chi connectivity index (χ4v) is 4.87. The Morgan fingerprint density at radius 2 is 1.69 bits per heavy atom. The van der Waals surface area contributed by atoms with Gasteiger partial charge in [0, 0.05) is 5.69 Å². The largest absolute Gasteiger partial charge is 0.494 e. The Labute approximate surface area is 205 Å². The van der Waals surface area contributed by atoms with Crippen molar-refractivity contribution in [2.75, 3.05) is 11.3 Å². The lowest BCUT2D eigenvalue weighted by molar-refractivity contribution is -0.130. The number of benzene rings is 2. The van der Waals surface area contributed by atoms with Gasteiger partial charge < -0.3 is 14.8 Å². The van der Waals surface area contributed by atoms with Crippen LogP contribution in [0.4, 0.5) is 5.69 Å². The van der Waals surface area contributed by atoms with E-state index in [-0.39, 0.29) is 16.1 Å². The van der Waals surface area contributed by atoms with E-state index in [0.29, 0.717) is 25.2 Å². The van der Waals surface area contributed by atoms with E-state index >= 15 is 0 Å². The third-order valence-corrected chi connectivity index (χ3v) is 7.15. The van der Waals surface area contributed by atoms with Gasteiger partial charge in [0.2, 0.25) is 0 Å². The molecule has 1 atom stereocenters. The molecule has 0 aliphatic heterocycles. The van der Waals surface area contributed by atoms with E-state index in [4.69, 9.17) is 9.47 Å². The lowest BCUT2D eigenvalue weighted by Crippen LogP contribution is -2.52. The van der Waals surface area contributed by atoms with Gasteiger partial charge in [-0.15, -0.1) is 0 Å². The van der Waals surface area contributed by atoms with Crippen LogP contribution in [0.15, 0.2) is 53.4 Å². The topological polar surface area (TPSA) is 135 Å². The van der Waals surface area contributed by atoms with E-state index < -0.39 is 33.5 Å². The van der Waals surface area contributed by atoms with Gasteiger partial charge in [-0.25, -0.2) is 13.2 Å². The molecule has 0 unspecified atom stereocenters. The van der Waals surface area contributed by atoms with Crippen LogP contribution in [0.1, 0.15) is 56.3 Å². The number of nitrogens with one attached hydrogen (secondary N) is 2. The Kier molecular flexibility index (Phi) is 8.35. The molecule has 0 spiro atoms. The lowest BCUT2D eigenvalue weighted by Gasteiger charge is -2.32. The summed E-state index contributed by atoms with van der Waals surface area (Å²) >= 11 is 0. The highest BCUT2D eigenvalue weighted by Crippen LogP contribution is 2.28. The first-order valence-electron chi connectivity index (χ1n) is 11.5. The molecule has 0 radical (unpaired) electrons. The second kappa shape index (κ2) is 11.2. The van der Waals surface area contributed by atoms with Gasteiger partial charge >= 0.3 is 5.97 Å². The summed E-state index contributed by atoms with van der Waals surface area (Å²) in [6.07, 6.45) is 2.80. The molecular formula is C25H29N3O6S. The van der Waals surface area contributed by atoms with E-state index in [0.717, 1.165) is 19.3 Å². The van der Waals surface area contributed by atoms with Gasteiger partial charge in [-0.2, -0.15) is 5.26 Å². The number of hydrogen-bond donors (Lipinski definition) is 2. The Bertz CT molecular complexity index is 1180. The number of carbonyl (C=O) groups excluding carboxylic acids is 2. The van der Waals surface area contributed by atoms with E-state index in [1.807, 2.05) is 6.92 Å². The Morgan fingerprint density at radius 1 is 1.06 bits per heavy atom. The maximum absolute atomic E-state index is 12.6. The third kappa shape index (κ3) is 6.73. The second-order valence-corrected chi connectivity index (χ2v) is 10.1. The molecule has 0 aromatic heterocycles. The van der Waals surface area contributed by atoms with E-state index in [1.165, 1.54) is 43.3 Å². The number of rotatable bonds is 9. The maximum atomic E-state index is 12.6. The van der Waals surface area contributed by atoms with Crippen molar-refractivity contribution >= 4 is 27.6 Å². The molecule has 1 aliphatic rings. The zero-order valence-corrected chi connectivity index (χ0v) is 20.6. The number of anilines is 1. The second-order valence-electron chi connectivity index (χ2n) is 8.38. The minimum absolute atomic E-state index is 0.0670. The number of nitrogens with zero attached hydrogens (tertiary/aromatic N) is 1. The molecular weight excluding hydrogens is 470 g/mol. The van der Waals surface area contributed by atoms with E-state index in [1.54, 1.807) is 12.1 Å². The van der Waals surface area contributed by atoms with Gasteiger partial charge in [0.05, 0.1) is 23.1 Å². The minimum atomic E-state index is -3.83. The van der Waals surface area contributed by atoms with Crippen LogP contribution in [0.25, 0.3) is 0 Å². The van der Waals surface area contributed by atoms with Crippen LogP contribution in [0.2, 0.25) is 0 Å². The van der Waals surface area contributed by atoms with Crippen LogP contribution < -0.4 is 14.8 Å². The molecule has 1 saturated carbocycles. The molecule has 2 aromatic carbocycles. The smallest absolute Gasteiger partial charge is 0.338 e. The summed E-state index contributed by atoms with van der Waals surface area (Å²) in [6.45, 7) is 3.76. The van der Waals surface area contributed by atoms with Gasteiger partial charge in [-0.3, -0.25) is 9.52 Å². The highest BCUT2D eigenvalue weighted by Gasteiger charge is 2.35. The van der Waals surface area contributed by atoms with Crippen molar-refractivity contribution in [1.82, 2.24) is 5.32 Å². The summed E-state index contributed by atoms with van der Waals surface area (Å²) in [5.41, 5.74) is -0.506. The third-order valence-electron chi connectivity index (χ3n) is 5.75. The summed E-state index contributed by atoms with van der Waals surface area (Å²) in [5, 5.41) is 12.3. The fourth-order valence-electron chi connectivity index (χ4n) is 3.81. The van der Waals surface area contributed by atoms with Gasteiger partial charge in [0.25, 0.3) is 15.9 Å². The van der Waals surface area contributed by atoms with Crippen molar-refractivity contribution in [3.05, 3.63) is 54.1 Å². The number of hydrogen-bond acceptors (Lipinski definition) is 7. The molecule has 3 rings (SSSR count). The highest BCUT2D eigenvalue weighted by molar-refractivity contribution is 7.92. The Balaban J connectivity index is 1.59. The van der Waals surface area contributed by atoms with Crippen LogP contribution >= 0.6 is 0 Å². The number of nitriles is 1. The molecule has 0 bridgehead atoms. The zero-order valence-electron chi connectivity index (χ0n) is 19.7. The van der Waals surface area contributed by atoms with Crippen molar-refractivity contribution in [3.8, 4) is 11.8 Å². The average Bonchev–Trinajstić information content (AvgIpc) is 2.85. The number of sulfonamides is 1. The quantitative estimate of drug-likeness (QED) is 0.501. The molecule has 2 aromatic rings. The summed E-state index contributed by atoms with van der Waals surface area (Å²) in [7, 11) is -3.83. The van der Waals surface area contributed by atoms with Crippen LogP contribution in [0, 0.1) is 11.3 Å². The van der Waals surface area contributed by atoms with Gasteiger partial charge in [-0.1, -0.05) is 19.3 Å². The predicted octanol–water partition coefficient (Wildman–Crippen LogP) is 3.77. The van der Waals surface area contributed by atoms with E-state index in [9.17, 15) is 23.3 Å². The highest BCUT2D eigenvalue weighted by atomic mass is 32.2. The van der Waals surface area contributed by atoms with Crippen LogP contribution in [-0.2, 0) is 19.6 Å². The zero-order chi connectivity index (χ0) is 25.5. The van der Waals surface area contributed by atoms with Gasteiger partial charge in [0.1, 0.15) is 11.3 Å².